The van der Waals surface area contributed by atoms with Crippen LogP contribution >= 0.6 is 34.2 Å². The molecule has 0 bridgehead atoms. The molecule has 0 aliphatic carbocycles. The van der Waals surface area contributed by atoms with Crippen molar-refractivity contribution in [1.82, 2.24) is 0 Å². The zero-order chi connectivity index (χ0) is 11.5. The molecule has 0 fully saturated rings. The third-order valence-electron chi connectivity index (χ3n) is 1.95. The van der Waals surface area contributed by atoms with E-state index in [1.807, 2.05) is 6.92 Å². The van der Waals surface area contributed by atoms with E-state index in [0.717, 1.165) is 5.56 Å². The fraction of sp³-hybridized carbons (Fsp3) is 0.400. The summed E-state index contributed by atoms with van der Waals surface area (Å²) in [5.41, 5.74) is 1.05. The van der Waals surface area contributed by atoms with Crippen LogP contribution in [0.25, 0.3) is 0 Å². The average Bonchev–Trinajstić information content (AvgIpc) is 2.17. The summed E-state index contributed by atoms with van der Waals surface area (Å²) in [6.07, 6.45) is 0. The van der Waals surface area contributed by atoms with Gasteiger partial charge in [0.25, 0.3) is 0 Å². The van der Waals surface area contributed by atoms with Crippen molar-refractivity contribution >= 4 is 44.0 Å². The van der Waals surface area contributed by atoms with E-state index in [2.05, 4.69) is 22.6 Å². The Morgan fingerprint density at radius 3 is 2.33 bits per heavy atom. The summed E-state index contributed by atoms with van der Waals surface area (Å²) >= 11 is 7.65. The molecular weight excluding hydrogens is 347 g/mol. The first-order valence-electron chi connectivity index (χ1n) is 4.45. The Kier molecular flexibility index (Phi) is 4.86. The van der Waals surface area contributed by atoms with Gasteiger partial charge in [-0.05, 0) is 19.1 Å². The molecule has 0 saturated heterocycles. The molecule has 0 aliphatic rings. The molecule has 0 amide bonds. The van der Waals surface area contributed by atoms with Crippen LogP contribution in [0.15, 0.2) is 29.2 Å². The van der Waals surface area contributed by atoms with E-state index in [0.29, 0.717) is 10.8 Å². The minimum atomic E-state index is -3.18. The van der Waals surface area contributed by atoms with E-state index in [1.54, 1.807) is 24.3 Å². The monoisotopic (exact) mass is 358 g/mol. The number of halogens is 2. The molecule has 15 heavy (non-hydrogen) atoms. The van der Waals surface area contributed by atoms with Gasteiger partial charge >= 0.3 is 0 Å². The second-order valence-electron chi connectivity index (χ2n) is 3.35. The summed E-state index contributed by atoms with van der Waals surface area (Å²) < 4.78 is 23.7. The van der Waals surface area contributed by atoms with E-state index in [4.69, 9.17) is 11.6 Å². The third-order valence-corrected chi connectivity index (χ3v) is 6.15. The lowest BCUT2D eigenvalue weighted by Gasteiger charge is -2.07. The van der Waals surface area contributed by atoms with Gasteiger partial charge in [0, 0.05) is 9.80 Å². The molecule has 84 valence electrons. The molecule has 5 heteroatoms. The number of benzene rings is 1. The SMILES string of the molecule is Cc1ccc(S(=O)(=O)C[C@@H](I)CCl)cc1. The quantitative estimate of drug-likeness (QED) is 0.613. The van der Waals surface area contributed by atoms with Crippen molar-refractivity contribution in [3.8, 4) is 0 Å². The molecule has 0 aliphatic heterocycles. The van der Waals surface area contributed by atoms with E-state index in [1.165, 1.54) is 0 Å². The predicted octanol–water partition coefficient (Wildman–Crippen LogP) is 2.81. The number of hydrogen-bond acceptors (Lipinski definition) is 2. The van der Waals surface area contributed by atoms with Gasteiger partial charge in [0.2, 0.25) is 0 Å². The Hall–Kier alpha value is 0.190. The molecule has 0 unspecified atom stereocenters. The highest BCUT2D eigenvalue weighted by atomic mass is 127. The predicted molar refractivity (Wildman–Crippen MR) is 71.8 cm³/mol. The van der Waals surface area contributed by atoms with Crippen molar-refractivity contribution < 1.29 is 8.42 Å². The molecule has 0 N–H and O–H groups in total. The largest absolute Gasteiger partial charge is 0.224 e. The summed E-state index contributed by atoms with van der Waals surface area (Å²) in [5, 5.41) is 0. The Balaban J connectivity index is 2.91. The number of sulfone groups is 1. The van der Waals surface area contributed by atoms with Crippen molar-refractivity contribution in [2.24, 2.45) is 0 Å². The fourth-order valence-corrected chi connectivity index (χ4v) is 4.12. The molecule has 0 heterocycles. The van der Waals surface area contributed by atoms with Crippen LogP contribution in [-0.2, 0) is 9.84 Å². The highest BCUT2D eigenvalue weighted by molar-refractivity contribution is 14.1. The van der Waals surface area contributed by atoms with Gasteiger partial charge < -0.3 is 0 Å². The second kappa shape index (κ2) is 5.50. The number of aryl methyl sites for hydroxylation is 1. The lowest BCUT2D eigenvalue weighted by Crippen LogP contribution is -2.17. The smallest absolute Gasteiger partial charge is 0.179 e. The molecule has 1 atom stereocenters. The normalized spacial score (nSPS) is 13.8. The van der Waals surface area contributed by atoms with Crippen molar-refractivity contribution in [2.45, 2.75) is 15.7 Å². The Labute approximate surface area is 109 Å². The van der Waals surface area contributed by atoms with Crippen LogP contribution in [0, 0.1) is 6.92 Å². The maximum atomic E-state index is 11.8. The third kappa shape index (κ3) is 3.92. The standard InChI is InChI=1S/C10H12ClIO2S/c1-8-2-4-10(5-3-8)15(13,14)7-9(12)6-11/h2-5,9H,6-7H2,1H3/t9-/m0/s1. The van der Waals surface area contributed by atoms with Crippen LogP contribution in [0.3, 0.4) is 0 Å². The maximum Gasteiger partial charge on any atom is 0.179 e. The number of alkyl halides is 2. The van der Waals surface area contributed by atoms with Crippen LogP contribution < -0.4 is 0 Å². The topological polar surface area (TPSA) is 34.1 Å². The second-order valence-corrected chi connectivity index (χ2v) is 7.45. The van der Waals surface area contributed by atoms with Crippen LogP contribution in [0.1, 0.15) is 5.56 Å². The summed E-state index contributed by atoms with van der Waals surface area (Å²) in [6, 6.07) is 6.88. The summed E-state index contributed by atoms with van der Waals surface area (Å²) in [4.78, 5) is 0.375. The van der Waals surface area contributed by atoms with E-state index in [9.17, 15) is 8.42 Å². The van der Waals surface area contributed by atoms with Crippen molar-refractivity contribution in [2.75, 3.05) is 11.6 Å². The summed E-state index contributed by atoms with van der Waals surface area (Å²) in [7, 11) is -3.18. The van der Waals surface area contributed by atoms with Gasteiger partial charge in [0.1, 0.15) is 0 Å². The molecule has 2 nitrogen and oxygen atoms in total. The number of rotatable bonds is 4. The van der Waals surface area contributed by atoms with Crippen LogP contribution in [-0.4, -0.2) is 24.0 Å². The Morgan fingerprint density at radius 1 is 1.33 bits per heavy atom. The van der Waals surface area contributed by atoms with E-state index in [-0.39, 0.29) is 9.68 Å². The lowest BCUT2D eigenvalue weighted by atomic mass is 10.2. The Morgan fingerprint density at radius 2 is 1.87 bits per heavy atom. The minimum absolute atomic E-state index is 0.0458. The van der Waals surface area contributed by atoms with Crippen molar-refractivity contribution in [3.05, 3.63) is 29.8 Å². The zero-order valence-electron chi connectivity index (χ0n) is 8.28. The van der Waals surface area contributed by atoms with Gasteiger partial charge in [-0.25, -0.2) is 8.42 Å². The molecular formula is C10H12ClIO2S. The molecule has 1 aromatic carbocycles. The zero-order valence-corrected chi connectivity index (χ0v) is 12.0. The molecule has 1 aromatic rings. The van der Waals surface area contributed by atoms with Gasteiger partial charge in [0.15, 0.2) is 9.84 Å². The fourth-order valence-electron chi connectivity index (χ4n) is 1.12. The highest BCUT2D eigenvalue weighted by Gasteiger charge is 2.18. The highest BCUT2D eigenvalue weighted by Crippen LogP contribution is 2.16. The van der Waals surface area contributed by atoms with Crippen LogP contribution in [0.5, 0.6) is 0 Å². The minimum Gasteiger partial charge on any atom is -0.224 e. The van der Waals surface area contributed by atoms with Gasteiger partial charge in [-0.3, -0.25) is 0 Å². The number of hydrogen-bond donors (Lipinski definition) is 0. The van der Waals surface area contributed by atoms with Crippen LogP contribution in [0.2, 0.25) is 0 Å². The summed E-state index contributed by atoms with van der Waals surface area (Å²) in [5.74, 6) is 0.450. The van der Waals surface area contributed by atoms with Crippen LogP contribution in [0.4, 0.5) is 0 Å². The van der Waals surface area contributed by atoms with E-state index >= 15 is 0 Å². The van der Waals surface area contributed by atoms with Gasteiger partial charge in [-0.15, -0.1) is 11.6 Å². The first kappa shape index (κ1) is 13.3. The Bertz CT molecular complexity index is 414. The van der Waals surface area contributed by atoms with Gasteiger partial charge in [-0.2, -0.15) is 0 Å². The van der Waals surface area contributed by atoms with Gasteiger partial charge in [0.05, 0.1) is 10.6 Å². The van der Waals surface area contributed by atoms with E-state index < -0.39 is 9.84 Å². The molecule has 0 saturated carbocycles. The molecule has 0 radical (unpaired) electrons. The summed E-state index contributed by atoms with van der Waals surface area (Å²) in [6.45, 7) is 1.93. The molecule has 0 aromatic heterocycles. The van der Waals surface area contributed by atoms with Gasteiger partial charge in [-0.1, -0.05) is 40.3 Å². The average molecular weight is 359 g/mol. The maximum absolute atomic E-state index is 11.8. The van der Waals surface area contributed by atoms with Crippen molar-refractivity contribution in [1.29, 1.82) is 0 Å². The first-order valence-corrected chi connectivity index (χ1v) is 7.88. The molecule has 0 spiro atoms. The first-order chi connectivity index (χ1) is 6.95. The molecule has 1 rings (SSSR count). The lowest BCUT2D eigenvalue weighted by molar-refractivity contribution is 0.596. The van der Waals surface area contributed by atoms with Crippen molar-refractivity contribution in [3.63, 3.8) is 0 Å².